The van der Waals surface area contributed by atoms with E-state index in [-0.39, 0.29) is 0 Å². The minimum Gasteiger partial charge on any atom is -0.324 e. The number of hydrogen-bond acceptors (Lipinski definition) is 3. The van der Waals surface area contributed by atoms with Crippen LogP contribution in [0.15, 0.2) is 30.7 Å². The molecule has 0 bridgehead atoms. The molecular weight excluding hydrogens is 176 g/mol. The van der Waals surface area contributed by atoms with Gasteiger partial charge in [-0.15, -0.1) is 0 Å². The van der Waals surface area contributed by atoms with Crippen LogP contribution in [0.2, 0.25) is 0 Å². The van der Waals surface area contributed by atoms with Crippen molar-refractivity contribution in [2.75, 3.05) is 5.32 Å². The molecule has 0 amide bonds. The lowest BCUT2D eigenvalue weighted by Gasteiger charge is -2.03. The normalized spacial score (nSPS) is 10.1. The number of nitrogens with zero attached hydrogens (tertiary/aromatic N) is 3. The van der Waals surface area contributed by atoms with E-state index in [1.54, 1.807) is 12.4 Å². The van der Waals surface area contributed by atoms with Gasteiger partial charge in [0.05, 0.1) is 17.6 Å². The van der Waals surface area contributed by atoms with Crippen LogP contribution in [0.1, 0.15) is 5.69 Å². The van der Waals surface area contributed by atoms with Gasteiger partial charge in [0.25, 0.3) is 0 Å². The Bertz CT molecular complexity index is 419. The Hall–Kier alpha value is -1.84. The first-order valence-corrected chi connectivity index (χ1v) is 4.43. The molecule has 2 aromatic rings. The summed E-state index contributed by atoms with van der Waals surface area (Å²) in [6.45, 7) is 1.97. The fourth-order valence-electron chi connectivity index (χ4n) is 1.30. The van der Waals surface area contributed by atoms with Crippen molar-refractivity contribution in [3.05, 3.63) is 36.4 Å². The molecule has 0 aliphatic rings. The molecule has 0 aromatic carbocycles. The van der Waals surface area contributed by atoms with Crippen molar-refractivity contribution in [3.8, 4) is 0 Å². The standard InChI is InChI=1S/C10H12N4/c1-8-7-14(2)10(12-8)13-9-4-3-5-11-6-9/h3-7H,1-2H3,(H,12,13). The molecule has 0 aliphatic carbocycles. The summed E-state index contributed by atoms with van der Waals surface area (Å²) < 4.78 is 1.95. The zero-order valence-corrected chi connectivity index (χ0v) is 8.23. The van der Waals surface area contributed by atoms with Gasteiger partial charge in [0, 0.05) is 19.4 Å². The average molecular weight is 188 g/mol. The average Bonchev–Trinajstić information content (AvgIpc) is 2.47. The van der Waals surface area contributed by atoms with E-state index >= 15 is 0 Å². The highest BCUT2D eigenvalue weighted by Crippen LogP contribution is 2.13. The Kier molecular flexibility index (Phi) is 2.18. The smallest absolute Gasteiger partial charge is 0.207 e. The fraction of sp³-hybridized carbons (Fsp3) is 0.200. The van der Waals surface area contributed by atoms with E-state index in [9.17, 15) is 0 Å². The molecule has 0 atom stereocenters. The molecule has 2 aromatic heterocycles. The Balaban J connectivity index is 2.23. The van der Waals surface area contributed by atoms with Gasteiger partial charge in [-0.3, -0.25) is 4.98 Å². The Morgan fingerprint density at radius 3 is 2.86 bits per heavy atom. The molecule has 2 heterocycles. The molecule has 14 heavy (non-hydrogen) atoms. The van der Waals surface area contributed by atoms with E-state index < -0.39 is 0 Å². The summed E-state index contributed by atoms with van der Waals surface area (Å²) in [5.74, 6) is 0.829. The van der Waals surface area contributed by atoms with E-state index in [2.05, 4.69) is 15.3 Å². The van der Waals surface area contributed by atoms with Crippen LogP contribution in [0.5, 0.6) is 0 Å². The topological polar surface area (TPSA) is 42.7 Å². The van der Waals surface area contributed by atoms with E-state index in [1.165, 1.54) is 0 Å². The van der Waals surface area contributed by atoms with Gasteiger partial charge in [0.15, 0.2) is 0 Å². The molecule has 4 nitrogen and oxygen atoms in total. The summed E-state index contributed by atoms with van der Waals surface area (Å²) in [4.78, 5) is 8.35. The van der Waals surface area contributed by atoms with Gasteiger partial charge in [-0.2, -0.15) is 0 Å². The maximum absolute atomic E-state index is 4.33. The molecule has 0 fully saturated rings. The SMILES string of the molecule is Cc1cn(C)c(Nc2cccnc2)n1. The molecule has 0 saturated carbocycles. The number of aryl methyl sites for hydroxylation is 2. The largest absolute Gasteiger partial charge is 0.324 e. The van der Waals surface area contributed by atoms with Crippen LogP contribution in [0.25, 0.3) is 0 Å². The van der Waals surface area contributed by atoms with Gasteiger partial charge in [-0.1, -0.05) is 0 Å². The fourth-order valence-corrected chi connectivity index (χ4v) is 1.30. The van der Waals surface area contributed by atoms with Crippen LogP contribution in [0.3, 0.4) is 0 Å². The molecule has 4 heteroatoms. The molecule has 0 saturated heterocycles. The third kappa shape index (κ3) is 1.74. The number of imidazole rings is 1. The number of pyridine rings is 1. The number of rotatable bonds is 2. The maximum atomic E-state index is 4.33. The zero-order chi connectivity index (χ0) is 9.97. The second kappa shape index (κ2) is 3.49. The highest BCUT2D eigenvalue weighted by molar-refractivity contribution is 5.51. The summed E-state index contributed by atoms with van der Waals surface area (Å²) in [5, 5.41) is 3.18. The predicted molar refractivity (Wildman–Crippen MR) is 55.5 cm³/mol. The van der Waals surface area contributed by atoms with Crippen molar-refractivity contribution >= 4 is 11.6 Å². The first kappa shape index (κ1) is 8.74. The maximum Gasteiger partial charge on any atom is 0.207 e. The molecule has 1 N–H and O–H groups in total. The van der Waals surface area contributed by atoms with Gasteiger partial charge >= 0.3 is 0 Å². The third-order valence-electron chi connectivity index (χ3n) is 1.91. The van der Waals surface area contributed by atoms with Crippen molar-refractivity contribution in [2.24, 2.45) is 7.05 Å². The quantitative estimate of drug-likeness (QED) is 0.782. The number of hydrogen-bond donors (Lipinski definition) is 1. The number of anilines is 2. The second-order valence-electron chi connectivity index (χ2n) is 3.18. The molecule has 0 unspecified atom stereocenters. The van der Waals surface area contributed by atoms with Crippen LogP contribution in [-0.4, -0.2) is 14.5 Å². The van der Waals surface area contributed by atoms with E-state index in [4.69, 9.17) is 0 Å². The van der Waals surface area contributed by atoms with Gasteiger partial charge < -0.3 is 9.88 Å². The van der Waals surface area contributed by atoms with Gasteiger partial charge in [-0.25, -0.2) is 4.98 Å². The van der Waals surface area contributed by atoms with Crippen molar-refractivity contribution in [1.29, 1.82) is 0 Å². The van der Waals surface area contributed by atoms with E-state index in [0.717, 1.165) is 17.3 Å². The van der Waals surface area contributed by atoms with E-state index in [1.807, 2.05) is 36.9 Å². The molecular formula is C10H12N4. The number of aromatic nitrogens is 3. The molecule has 2 rings (SSSR count). The van der Waals surface area contributed by atoms with E-state index in [0.29, 0.717) is 0 Å². The highest BCUT2D eigenvalue weighted by atomic mass is 15.2. The first-order valence-electron chi connectivity index (χ1n) is 4.43. The minimum absolute atomic E-state index is 0.829. The number of nitrogens with one attached hydrogen (secondary N) is 1. The van der Waals surface area contributed by atoms with Crippen LogP contribution >= 0.6 is 0 Å². The van der Waals surface area contributed by atoms with Crippen LogP contribution in [0, 0.1) is 6.92 Å². The third-order valence-corrected chi connectivity index (χ3v) is 1.91. The Morgan fingerprint density at radius 2 is 2.29 bits per heavy atom. The Morgan fingerprint density at radius 1 is 1.43 bits per heavy atom. The van der Waals surface area contributed by atoms with Gasteiger partial charge in [0.2, 0.25) is 5.95 Å². The lowest BCUT2D eigenvalue weighted by Crippen LogP contribution is -1.98. The summed E-state index contributed by atoms with van der Waals surface area (Å²) >= 11 is 0. The monoisotopic (exact) mass is 188 g/mol. The lowest BCUT2D eigenvalue weighted by molar-refractivity contribution is 0.923. The summed E-state index contributed by atoms with van der Waals surface area (Å²) in [6.07, 6.45) is 5.48. The van der Waals surface area contributed by atoms with Crippen LogP contribution < -0.4 is 5.32 Å². The first-order chi connectivity index (χ1) is 6.75. The molecule has 0 spiro atoms. The summed E-state index contributed by atoms with van der Waals surface area (Å²) in [5.41, 5.74) is 1.94. The highest BCUT2D eigenvalue weighted by Gasteiger charge is 2.01. The van der Waals surface area contributed by atoms with Crippen molar-refractivity contribution in [1.82, 2.24) is 14.5 Å². The van der Waals surface area contributed by atoms with Crippen molar-refractivity contribution in [2.45, 2.75) is 6.92 Å². The van der Waals surface area contributed by atoms with Crippen molar-refractivity contribution in [3.63, 3.8) is 0 Å². The molecule has 0 radical (unpaired) electrons. The summed E-state index contributed by atoms with van der Waals surface area (Å²) in [7, 11) is 1.96. The molecule has 0 aliphatic heterocycles. The van der Waals surface area contributed by atoms with Crippen molar-refractivity contribution < 1.29 is 0 Å². The van der Waals surface area contributed by atoms with Crippen LogP contribution in [-0.2, 0) is 7.05 Å². The lowest BCUT2D eigenvalue weighted by atomic mass is 10.4. The van der Waals surface area contributed by atoms with Gasteiger partial charge in [0.1, 0.15) is 0 Å². The molecule has 72 valence electrons. The van der Waals surface area contributed by atoms with Crippen LogP contribution in [0.4, 0.5) is 11.6 Å². The summed E-state index contributed by atoms with van der Waals surface area (Å²) in [6, 6.07) is 3.84. The zero-order valence-electron chi connectivity index (χ0n) is 8.23. The second-order valence-corrected chi connectivity index (χ2v) is 3.18. The Labute approximate surface area is 82.6 Å². The minimum atomic E-state index is 0.829. The predicted octanol–water partition coefficient (Wildman–Crippen LogP) is 1.87. The van der Waals surface area contributed by atoms with Gasteiger partial charge in [-0.05, 0) is 19.1 Å².